The molecule has 1 aliphatic rings. The molecule has 0 amide bonds. The van der Waals surface area contributed by atoms with E-state index in [9.17, 15) is 0 Å². The van der Waals surface area contributed by atoms with E-state index in [0.29, 0.717) is 0 Å². The second-order valence-electron chi connectivity index (χ2n) is 3.37. The number of hydrogen-bond acceptors (Lipinski definition) is 5. The van der Waals surface area contributed by atoms with Gasteiger partial charge in [0, 0.05) is 18.6 Å². The van der Waals surface area contributed by atoms with Crippen molar-refractivity contribution < 1.29 is 0 Å². The zero-order valence-corrected chi connectivity index (χ0v) is 6.93. The van der Waals surface area contributed by atoms with Gasteiger partial charge < -0.3 is 0 Å². The van der Waals surface area contributed by atoms with E-state index < -0.39 is 0 Å². The average Bonchev–Trinajstić information content (AvgIpc) is 1.97. The third-order valence-electron chi connectivity index (χ3n) is 2.28. The van der Waals surface area contributed by atoms with E-state index in [1.54, 1.807) is 0 Å². The van der Waals surface area contributed by atoms with Crippen molar-refractivity contribution in [2.24, 2.45) is 11.7 Å². The molecule has 0 unspecified atom stereocenters. The summed E-state index contributed by atoms with van der Waals surface area (Å²) in [4.78, 5) is 0. The Kier molecular flexibility index (Phi) is 2.80. The van der Waals surface area contributed by atoms with Crippen LogP contribution in [-0.4, -0.2) is 23.6 Å². The largest absolute Gasteiger partial charge is 0.269 e. The summed E-state index contributed by atoms with van der Waals surface area (Å²) in [5, 5.41) is 1.83. The minimum atomic E-state index is 0.102. The minimum Gasteiger partial charge on any atom is -0.269 e. The number of hydrazine groups is 3. The first-order valence-electron chi connectivity index (χ1n) is 3.89. The molecule has 0 saturated carbocycles. The molecule has 1 heterocycles. The second-order valence-corrected chi connectivity index (χ2v) is 3.37. The Labute approximate surface area is 67.0 Å². The summed E-state index contributed by atoms with van der Waals surface area (Å²) in [7, 11) is 0. The summed E-state index contributed by atoms with van der Waals surface area (Å²) in [6.45, 7) is 3.98. The van der Waals surface area contributed by atoms with Crippen LogP contribution in [0.5, 0.6) is 0 Å². The van der Waals surface area contributed by atoms with E-state index in [4.69, 9.17) is 11.7 Å². The van der Waals surface area contributed by atoms with Crippen LogP contribution in [0.3, 0.4) is 0 Å². The van der Waals surface area contributed by atoms with Gasteiger partial charge in [0.1, 0.15) is 0 Å². The molecule has 1 rings (SSSR count). The van der Waals surface area contributed by atoms with E-state index in [0.717, 1.165) is 25.9 Å². The van der Waals surface area contributed by atoms with Gasteiger partial charge in [-0.1, -0.05) is 0 Å². The lowest BCUT2D eigenvalue weighted by molar-refractivity contribution is 0.135. The van der Waals surface area contributed by atoms with E-state index >= 15 is 0 Å². The number of hydrogen-bond donors (Lipinski definition) is 4. The van der Waals surface area contributed by atoms with Crippen molar-refractivity contribution in [3.05, 3.63) is 0 Å². The summed E-state index contributed by atoms with van der Waals surface area (Å²) < 4.78 is 0. The highest BCUT2D eigenvalue weighted by molar-refractivity contribution is 4.86. The molecule has 5 nitrogen and oxygen atoms in total. The molecule has 11 heavy (non-hydrogen) atoms. The van der Waals surface area contributed by atoms with Crippen molar-refractivity contribution >= 4 is 0 Å². The molecule has 1 fully saturated rings. The van der Waals surface area contributed by atoms with Gasteiger partial charge in [0.05, 0.1) is 0 Å². The van der Waals surface area contributed by atoms with Crippen LogP contribution in [0, 0.1) is 0 Å². The van der Waals surface area contributed by atoms with Crippen molar-refractivity contribution in [3.63, 3.8) is 0 Å². The molecule has 1 saturated heterocycles. The molecule has 0 atom stereocenters. The van der Waals surface area contributed by atoms with Gasteiger partial charge in [-0.3, -0.25) is 11.7 Å². The SMILES string of the molecule is CC1(NNN)CCN(N)CC1. The smallest absolute Gasteiger partial charge is 0.0334 e. The second kappa shape index (κ2) is 3.46. The fraction of sp³-hybridized carbons (Fsp3) is 1.00. The van der Waals surface area contributed by atoms with Crippen LogP contribution >= 0.6 is 0 Å². The van der Waals surface area contributed by atoms with Crippen molar-refractivity contribution in [2.75, 3.05) is 13.1 Å². The maximum absolute atomic E-state index is 5.61. The summed E-state index contributed by atoms with van der Waals surface area (Å²) in [6, 6.07) is 0. The van der Waals surface area contributed by atoms with Crippen molar-refractivity contribution in [1.82, 2.24) is 16.0 Å². The van der Waals surface area contributed by atoms with Gasteiger partial charge in [0.2, 0.25) is 0 Å². The Balaban J connectivity index is 2.35. The van der Waals surface area contributed by atoms with E-state index in [-0.39, 0.29) is 5.54 Å². The van der Waals surface area contributed by atoms with Gasteiger partial charge in [-0.05, 0) is 19.8 Å². The van der Waals surface area contributed by atoms with Crippen LogP contribution in [-0.2, 0) is 0 Å². The highest BCUT2D eigenvalue weighted by atomic mass is 15.5. The average molecular weight is 159 g/mol. The van der Waals surface area contributed by atoms with E-state index in [1.165, 1.54) is 0 Å². The van der Waals surface area contributed by atoms with Crippen LogP contribution in [0.2, 0.25) is 0 Å². The summed E-state index contributed by atoms with van der Waals surface area (Å²) in [5.41, 5.74) is 5.61. The van der Waals surface area contributed by atoms with Crippen molar-refractivity contribution in [2.45, 2.75) is 25.3 Å². The van der Waals surface area contributed by atoms with E-state index in [2.05, 4.69) is 17.9 Å². The Hall–Kier alpha value is -0.200. The third kappa shape index (κ3) is 2.39. The van der Waals surface area contributed by atoms with Crippen LogP contribution in [0.25, 0.3) is 0 Å². The van der Waals surface area contributed by atoms with E-state index in [1.807, 2.05) is 5.01 Å². The van der Waals surface area contributed by atoms with Crippen LogP contribution in [0.1, 0.15) is 19.8 Å². The summed E-state index contributed by atoms with van der Waals surface area (Å²) in [6.07, 6.45) is 2.04. The first kappa shape index (κ1) is 8.89. The van der Waals surface area contributed by atoms with Crippen LogP contribution in [0.4, 0.5) is 0 Å². The number of nitrogens with two attached hydrogens (primary N) is 2. The predicted octanol–water partition coefficient (Wildman–Crippen LogP) is -1.32. The summed E-state index contributed by atoms with van der Waals surface area (Å²) >= 11 is 0. The lowest BCUT2D eigenvalue weighted by atomic mass is 9.91. The molecule has 0 bridgehead atoms. The lowest BCUT2D eigenvalue weighted by Crippen LogP contribution is -2.58. The Bertz CT molecular complexity index is 118. The standard InChI is InChI=1S/C6H17N5/c1-6(9-10-7)2-4-11(8)5-3-6/h9-10H,2-5,7-8H2,1H3. The van der Waals surface area contributed by atoms with Gasteiger partial charge in [-0.15, -0.1) is 0 Å². The zero-order chi connectivity index (χ0) is 8.32. The normalized spacial score (nSPS) is 25.4. The van der Waals surface area contributed by atoms with Crippen LogP contribution < -0.4 is 22.6 Å². The zero-order valence-electron chi connectivity index (χ0n) is 6.93. The fourth-order valence-electron chi connectivity index (χ4n) is 1.32. The number of piperidine rings is 1. The Morgan fingerprint density at radius 3 is 2.36 bits per heavy atom. The number of rotatable bonds is 2. The lowest BCUT2D eigenvalue weighted by Gasteiger charge is -2.37. The summed E-state index contributed by atoms with van der Waals surface area (Å²) in [5.74, 6) is 10.8. The molecule has 5 heteroatoms. The van der Waals surface area contributed by atoms with Crippen molar-refractivity contribution in [1.29, 1.82) is 0 Å². The van der Waals surface area contributed by atoms with Gasteiger partial charge in [-0.25, -0.2) is 10.4 Å². The van der Waals surface area contributed by atoms with Gasteiger partial charge in [-0.2, -0.15) is 5.53 Å². The minimum absolute atomic E-state index is 0.102. The number of nitrogens with one attached hydrogen (secondary N) is 2. The topological polar surface area (TPSA) is 79.3 Å². The van der Waals surface area contributed by atoms with Gasteiger partial charge >= 0.3 is 0 Å². The molecule has 0 spiro atoms. The number of nitrogens with zero attached hydrogens (tertiary/aromatic N) is 1. The maximum Gasteiger partial charge on any atom is 0.0334 e. The molecule has 66 valence electrons. The molecule has 0 radical (unpaired) electrons. The maximum atomic E-state index is 5.61. The quantitative estimate of drug-likeness (QED) is 0.297. The third-order valence-corrected chi connectivity index (χ3v) is 2.28. The highest BCUT2D eigenvalue weighted by Crippen LogP contribution is 2.18. The molecule has 6 N–H and O–H groups in total. The first-order valence-corrected chi connectivity index (χ1v) is 3.89. The monoisotopic (exact) mass is 159 g/mol. The van der Waals surface area contributed by atoms with Gasteiger partial charge in [0.25, 0.3) is 0 Å². The molecule has 0 aliphatic carbocycles. The predicted molar refractivity (Wildman–Crippen MR) is 43.9 cm³/mol. The fourth-order valence-corrected chi connectivity index (χ4v) is 1.32. The molecule has 0 aromatic rings. The Morgan fingerprint density at radius 2 is 1.91 bits per heavy atom. The highest BCUT2D eigenvalue weighted by Gasteiger charge is 2.27. The first-order chi connectivity index (χ1) is 5.16. The molecule has 0 aromatic carbocycles. The molecular formula is C6H17N5. The molecule has 0 aromatic heterocycles. The van der Waals surface area contributed by atoms with Crippen molar-refractivity contribution in [3.8, 4) is 0 Å². The van der Waals surface area contributed by atoms with Gasteiger partial charge in [0.15, 0.2) is 0 Å². The Morgan fingerprint density at radius 1 is 1.36 bits per heavy atom. The molecular weight excluding hydrogens is 142 g/mol. The van der Waals surface area contributed by atoms with Crippen LogP contribution in [0.15, 0.2) is 0 Å². The molecule has 1 aliphatic heterocycles.